The molecule has 10 heteroatoms. The molecular formula is C18H18N6O2S2. The summed E-state index contributed by atoms with van der Waals surface area (Å²) in [5.41, 5.74) is 12.0. The van der Waals surface area contributed by atoms with Gasteiger partial charge in [-0.25, -0.2) is 18.2 Å². The van der Waals surface area contributed by atoms with Crippen molar-refractivity contribution in [3.05, 3.63) is 65.9 Å². The second-order valence-electron chi connectivity index (χ2n) is 6.02. The maximum Gasteiger partial charge on any atom is 0.238 e. The lowest BCUT2D eigenvalue weighted by molar-refractivity contribution is 0.598. The highest BCUT2D eigenvalue weighted by molar-refractivity contribution is 7.89. The maximum absolute atomic E-state index is 11.4. The van der Waals surface area contributed by atoms with E-state index in [1.54, 1.807) is 29.2 Å². The van der Waals surface area contributed by atoms with Gasteiger partial charge in [-0.2, -0.15) is 10.2 Å². The first kappa shape index (κ1) is 19.7. The van der Waals surface area contributed by atoms with E-state index in [9.17, 15) is 8.42 Å². The number of hydrazone groups is 1. The molecule has 144 valence electrons. The van der Waals surface area contributed by atoms with E-state index in [2.05, 4.69) is 15.6 Å². The van der Waals surface area contributed by atoms with E-state index in [4.69, 9.17) is 23.1 Å². The largest absolute Gasteiger partial charge is 0.375 e. The summed E-state index contributed by atoms with van der Waals surface area (Å²) < 4.78 is 24.5. The summed E-state index contributed by atoms with van der Waals surface area (Å²) in [6.07, 6.45) is 3.34. The Morgan fingerprint density at radius 2 is 1.82 bits per heavy atom. The lowest BCUT2D eigenvalue weighted by atomic mass is 10.1. The number of thiocarbonyl (C=S) groups is 1. The van der Waals surface area contributed by atoms with Crippen molar-refractivity contribution in [2.45, 2.75) is 11.8 Å². The van der Waals surface area contributed by atoms with Crippen molar-refractivity contribution in [3.8, 4) is 16.9 Å². The number of benzene rings is 2. The van der Waals surface area contributed by atoms with Gasteiger partial charge < -0.3 is 5.73 Å². The molecule has 0 saturated carbocycles. The number of hydrogen-bond acceptors (Lipinski definition) is 5. The Kier molecular flexibility index (Phi) is 5.54. The minimum atomic E-state index is -3.76. The first-order valence-electron chi connectivity index (χ1n) is 8.12. The Hall–Kier alpha value is -3.08. The van der Waals surface area contributed by atoms with Crippen molar-refractivity contribution < 1.29 is 8.42 Å². The Morgan fingerprint density at radius 3 is 2.39 bits per heavy atom. The molecule has 1 heterocycles. The van der Waals surface area contributed by atoms with Crippen LogP contribution in [0.5, 0.6) is 0 Å². The standard InChI is InChI=1S/C18H18N6O2S2/c1-12-2-4-13(5-3-12)17-14(10-21-22-18(19)27)11-24(23-17)15-6-8-16(9-7-15)28(20,25)26/h2-11H,1H3,(H3,19,22,27)(H2,20,25,26)/b21-10+. The lowest BCUT2D eigenvalue weighted by Crippen LogP contribution is -2.24. The molecule has 28 heavy (non-hydrogen) atoms. The Balaban J connectivity index is 2.04. The molecule has 0 unspecified atom stereocenters. The van der Waals surface area contributed by atoms with Gasteiger partial charge >= 0.3 is 0 Å². The molecule has 0 amide bonds. The van der Waals surface area contributed by atoms with Crippen molar-refractivity contribution in [2.24, 2.45) is 16.0 Å². The molecule has 0 bridgehead atoms. The molecule has 8 nitrogen and oxygen atoms in total. The van der Waals surface area contributed by atoms with E-state index in [-0.39, 0.29) is 10.0 Å². The van der Waals surface area contributed by atoms with Crippen LogP contribution in [0.1, 0.15) is 11.1 Å². The van der Waals surface area contributed by atoms with Crippen LogP contribution in [0.3, 0.4) is 0 Å². The van der Waals surface area contributed by atoms with Crippen LogP contribution in [0.4, 0.5) is 0 Å². The monoisotopic (exact) mass is 414 g/mol. The number of aryl methyl sites for hydroxylation is 1. The van der Waals surface area contributed by atoms with Gasteiger partial charge in [0.2, 0.25) is 10.0 Å². The fraction of sp³-hybridized carbons (Fsp3) is 0.0556. The molecule has 0 spiro atoms. The zero-order valence-corrected chi connectivity index (χ0v) is 16.5. The zero-order valence-electron chi connectivity index (χ0n) is 14.9. The van der Waals surface area contributed by atoms with Crippen LogP contribution in [0.15, 0.2) is 64.7 Å². The summed E-state index contributed by atoms with van der Waals surface area (Å²) in [6, 6.07) is 14.0. The number of rotatable bonds is 5. The van der Waals surface area contributed by atoms with E-state index in [0.717, 1.165) is 16.7 Å². The molecule has 0 radical (unpaired) electrons. The number of aromatic nitrogens is 2. The summed E-state index contributed by atoms with van der Waals surface area (Å²) in [5.74, 6) is 0. The first-order chi connectivity index (χ1) is 13.2. The van der Waals surface area contributed by atoms with E-state index >= 15 is 0 Å². The van der Waals surface area contributed by atoms with E-state index in [1.165, 1.54) is 12.1 Å². The van der Waals surface area contributed by atoms with Gasteiger partial charge in [0.1, 0.15) is 5.69 Å². The van der Waals surface area contributed by atoms with Gasteiger partial charge in [0.05, 0.1) is 16.8 Å². The molecule has 0 saturated heterocycles. The average molecular weight is 415 g/mol. The molecule has 0 atom stereocenters. The quantitative estimate of drug-likeness (QED) is 0.331. The van der Waals surface area contributed by atoms with Gasteiger partial charge in [-0.3, -0.25) is 5.43 Å². The highest BCUT2D eigenvalue weighted by Crippen LogP contribution is 2.23. The van der Waals surface area contributed by atoms with Gasteiger partial charge in [0, 0.05) is 17.3 Å². The van der Waals surface area contributed by atoms with E-state index < -0.39 is 10.0 Å². The molecule has 5 N–H and O–H groups in total. The van der Waals surface area contributed by atoms with Gasteiger partial charge in [-0.1, -0.05) is 29.8 Å². The van der Waals surface area contributed by atoms with Crippen molar-refractivity contribution in [1.29, 1.82) is 0 Å². The summed E-state index contributed by atoms with van der Waals surface area (Å²) in [6.45, 7) is 2.00. The van der Waals surface area contributed by atoms with Crippen molar-refractivity contribution in [1.82, 2.24) is 15.2 Å². The fourth-order valence-electron chi connectivity index (χ4n) is 2.50. The van der Waals surface area contributed by atoms with E-state index in [0.29, 0.717) is 11.4 Å². The molecule has 0 aliphatic rings. The number of nitrogens with two attached hydrogens (primary N) is 2. The molecular weight excluding hydrogens is 396 g/mol. The number of primary sulfonamides is 1. The topological polar surface area (TPSA) is 128 Å². The summed E-state index contributed by atoms with van der Waals surface area (Å²) >= 11 is 4.75. The Labute approximate surface area is 167 Å². The normalized spacial score (nSPS) is 11.6. The van der Waals surface area contributed by atoms with Crippen molar-refractivity contribution in [3.63, 3.8) is 0 Å². The van der Waals surface area contributed by atoms with Gasteiger partial charge in [0.25, 0.3) is 0 Å². The predicted octanol–water partition coefficient (Wildman–Crippen LogP) is 1.66. The van der Waals surface area contributed by atoms with Crippen LogP contribution in [0.2, 0.25) is 0 Å². The van der Waals surface area contributed by atoms with Crippen LogP contribution in [-0.2, 0) is 10.0 Å². The van der Waals surface area contributed by atoms with Crippen molar-refractivity contribution in [2.75, 3.05) is 0 Å². The molecule has 3 rings (SSSR count). The highest BCUT2D eigenvalue weighted by Gasteiger charge is 2.12. The second kappa shape index (κ2) is 7.89. The smallest absolute Gasteiger partial charge is 0.238 e. The van der Waals surface area contributed by atoms with E-state index in [1.807, 2.05) is 31.2 Å². The summed E-state index contributed by atoms with van der Waals surface area (Å²) in [4.78, 5) is 0.0320. The average Bonchev–Trinajstić information content (AvgIpc) is 3.05. The van der Waals surface area contributed by atoms with Crippen LogP contribution in [-0.4, -0.2) is 29.5 Å². The minimum Gasteiger partial charge on any atom is -0.375 e. The predicted molar refractivity (Wildman–Crippen MR) is 113 cm³/mol. The minimum absolute atomic E-state index is 0.0320. The number of hydrogen-bond donors (Lipinski definition) is 3. The second-order valence-corrected chi connectivity index (χ2v) is 8.02. The van der Waals surface area contributed by atoms with Crippen LogP contribution >= 0.6 is 12.2 Å². The Bertz CT molecular complexity index is 1130. The van der Waals surface area contributed by atoms with Crippen LogP contribution in [0, 0.1) is 6.92 Å². The van der Waals surface area contributed by atoms with Crippen LogP contribution in [0.25, 0.3) is 16.9 Å². The van der Waals surface area contributed by atoms with Gasteiger partial charge in [0.15, 0.2) is 5.11 Å². The molecule has 0 fully saturated rings. The third-order valence-corrected chi connectivity index (χ3v) is 4.90. The first-order valence-corrected chi connectivity index (χ1v) is 10.1. The lowest BCUT2D eigenvalue weighted by Gasteiger charge is -2.03. The molecule has 2 aromatic carbocycles. The van der Waals surface area contributed by atoms with Crippen LogP contribution < -0.4 is 16.3 Å². The zero-order chi connectivity index (χ0) is 20.3. The molecule has 1 aromatic heterocycles. The van der Waals surface area contributed by atoms with Crippen molar-refractivity contribution >= 4 is 33.6 Å². The third kappa shape index (κ3) is 4.60. The number of nitrogens with one attached hydrogen (secondary N) is 1. The Morgan fingerprint density at radius 1 is 1.18 bits per heavy atom. The molecule has 0 aliphatic carbocycles. The summed E-state index contributed by atoms with van der Waals surface area (Å²) in [5, 5.41) is 13.8. The van der Waals surface area contributed by atoms with Gasteiger partial charge in [-0.15, -0.1) is 0 Å². The highest BCUT2D eigenvalue weighted by atomic mass is 32.2. The fourth-order valence-corrected chi connectivity index (χ4v) is 3.07. The SMILES string of the molecule is Cc1ccc(-c2nn(-c3ccc(S(N)(=O)=O)cc3)cc2/C=N/NC(N)=S)cc1. The summed E-state index contributed by atoms with van der Waals surface area (Å²) in [7, 11) is -3.76. The maximum atomic E-state index is 11.4. The number of nitrogens with zero attached hydrogens (tertiary/aromatic N) is 3. The molecule has 3 aromatic rings. The van der Waals surface area contributed by atoms with Gasteiger partial charge in [-0.05, 0) is 43.4 Å². The third-order valence-electron chi connectivity index (χ3n) is 3.88. The number of sulfonamides is 1. The molecule has 0 aliphatic heterocycles.